The molecule has 26 heavy (non-hydrogen) atoms. The van der Waals surface area contributed by atoms with E-state index in [1.54, 1.807) is 20.0 Å². The van der Waals surface area contributed by atoms with Crippen molar-refractivity contribution in [1.29, 1.82) is 0 Å². The van der Waals surface area contributed by atoms with Crippen LogP contribution in [-0.4, -0.2) is 32.6 Å². The second-order valence-electron chi connectivity index (χ2n) is 5.37. The Balaban J connectivity index is 0.00000338. The Morgan fingerprint density at radius 3 is 2.69 bits per heavy atom. The zero-order valence-corrected chi connectivity index (χ0v) is 18.1. The van der Waals surface area contributed by atoms with Crippen molar-refractivity contribution in [2.75, 3.05) is 20.7 Å². The van der Waals surface area contributed by atoms with Crippen molar-refractivity contribution < 1.29 is 13.9 Å². The first-order chi connectivity index (χ1) is 12.0. The van der Waals surface area contributed by atoms with Crippen LogP contribution in [0.3, 0.4) is 0 Å². The molecule has 8 heteroatoms. The largest absolute Gasteiger partial charge is 0.465 e. The minimum atomic E-state index is -0.408. The highest BCUT2D eigenvalue weighted by molar-refractivity contribution is 14.0. The van der Waals surface area contributed by atoms with Crippen LogP contribution in [0.5, 0.6) is 0 Å². The molecule has 1 aromatic carbocycles. The number of esters is 1. The fourth-order valence-corrected chi connectivity index (χ4v) is 2.58. The second-order valence-corrected chi connectivity index (χ2v) is 5.78. The Labute approximate surface area is 175 Å². The number of hydrogen-bond donors (Lipinski definition) is 2. The quantitative estimate of drug-likeness (QED) is 0.280. The minimum absolute atomic E-state index is 0. The Kier molecular flexibility index (Phi) is 9.50. The van der Waals surface area contributed by atoms with Crippen LogP contribution in [0.15, 0.2) is 39.7 Å². The van der Waals surface area contributed by atoms with Gasteiger partial charge in [-0.05, 0) is 31.0 Å². The van der Waals surface area contributed by atoms with E-state index >= 15 is 0 Å². The summed E-state index contributed by atoms with van der Waals surface area (Å²) < 4.78 is 10.3. The molecule has 0 atom stereocenters. The predicted octanol–water partition coefficient (Wildman–Crippen LogP) is 3.55. The average Bonchev–Trinajstić information content (AvgIpc) is 2.99. The van der Waals surface area contributed by atoms with E-state index in [9.17, 15) is 4.79 Å². The lowest BCUT2D eigenvalue weighted by molar-refractivity contribution is 0.0599. The van der Waals surface area contributed by atoms with E-state index < -0.39 is 5.97 Å². The number of benzene rings is 1. The van der Waals surface area contributed by atoms with Crippen LogP contribution in [0.2, 0.25) is 5.02 Å². The number of ether oxygens (including phenoxy) is 1. The number of aliphatic imine (C=N–C) groups is 1. The van der Waals surface area contributed by atoms with Crippen molar-refractivity contribution in [2.24, 2.45) is 4.99 Å². The van der Waals surface area contributed by atoms with Crippen LogP contribution < -0.4 is 10.6 Å². The molecular weight excluding hydrogens is 469 g/mol. The fourth-order valence-electron chi connectivity index (χ4n) is 2.35. The smallest absolute Gasteiger partial charge is 0.341 e. The van der Waals surface area contributed by atoms with E-state index in [2.05, 4.69) is 15.6 Å². The topological polar surface area (TPSA) is 75.9 Å². The molecule has 2 N–H and O–H groups in total. The van der Waals surface area contributed by atoms with E-state index in [4.69, 9.17) is 20.8 Å². The molecular formula is C18H23ClIN3O3. The SMILES string of the molecule is CN=C(NCCc1ccccc1Cl)NCc1cc(C(=O)OC)c(C)o1.I. The third kappa shape index (κ3) is 6.21. The van der Waals surface area contributed by atoms with E-state index in [0.29, 0.717) is 36.1 Å². The van der Waals surface area contributed by atoms with E-state index in [1.165, 1.54) is 7.11 Å². The zero-order valence-electron chi connectivity index (χ0n) is 15.0. The first-order valence-corrected chi connectivity index (χ1v) is 8.28. The number of guanidine groups is 1. The lowest BCUT2D eigenvalue weighted by Crippen LogP contribution is -2.37. The van der Waals surface area contributed by atoms with Gasteiger partial charge in [0.1, 0.15) is 17.1 Å². The molecule has 0 spiro atoms. The summed E-state index contributed by atoms with van der Waals surface area (Å²) in [7, 11) is 3.04. The van der Waals surface area contributed by atoms with Crippen LogP contribution in [0, 0.1) is 6.92 Å². The number of carbonyl (C=O) groups is 1. The fraction of sp³-hybridized carbons (Fsp3) is 0.333. The van der Waals surface area contributed by atoms with E-state index in [-0.39, 0.29) is 24.0 Å². The molecule has 6 nitrogen and oxygen atoms in total. The average molecular weight is 492 g/mol. The molecule has 0 saturated carbocycles. The molecule has 1 aromatic heterocycles. The van der Waals surface area contributed by atoms with Crippen molar-refractivity contribution in [1.82, 2.24) is 10.6 Å². The number of nitrogens with one attached hydrogen (secondary N) is 2. The van der Waals surface area contributed by atoms with Gasteiger partial charge in [0.25, 0.3) is 0 Å². The van der Waals surface area contributed by atoms with Gasteiger partial charge >= 0.3 is 5.97 Å². The number of halogens is 2. The van der Waals surface area contributed by atoms with Crippen LogP contribution in [0.1, 0.15) is 27.4 Å². The molecule has 0 bridgehead atoms. The van der Waals surface area contributed by atoms with Crippen LogP contribution in [0.25, 0.3) is 0 Å². The maximum atomic E-state index is 11.6. The normalized spacial score (nSPS) is 10.8. The van der Waals surface area contributed by atoms with Crippen molar-refractivity contribution >= 4 is 47.5 Å². The summed E-state index contributed by atoms with van der Waals surface area (Å²) in [4.78, 5) is 15.8. The lowest BCUT2D eigenvalue weighted by Gasteiger charge is -2.11. The van der Waals surface area contributed by atoms with Crippen LogP contribution >= 0.6 is 35.6 Å². The summed E-state index contributed by atoms with van der Waals surface area (Å²) in [5, 5.41) is 7.12. The molecule has 1 heterocycles. The highest BCUT2D eigenvalue weighted by Crippen LogP contribution is 2.16. The third-order valence-electron chi connectivity index (χ3n) is 3.67. The van der Waals surface area contributed by atoms with Gasteiger partial charge in [-0.15, -0.1) is 24.0 Å². The number of furan rings is 1. The summed E-state index contributed by atoms with van der Waals surface area (Å²) in [6.07, 6.45) is 0.784. The first-order valence-electron chi connectivity index (χ1n) is 7.90. The van der Waals surface area contributed by atoms with E-state index in [0.717, 1.165) is 17.0 Å². The van der Waals surface area contributed by atoms with Gasteiger partial charge in [0.15, 0.2) is 5.96 Å². The molecule has 2 rings (SSSR count). The Hall–Kier alpha value is -1.74. The molecule has 0 aliphatic rings. The Morgan fingerprint density at radius 1 is 1.31 bits per heavy atom. The van der Waals surface area contributed by atoms with Gasteiger partial charge in [0, 0.05) is 18.6 Å². The van der Waals surface area contributed by atoms with Gasteiger partial charge in [-0.1, -0.05) is 29.8 Å². The Bertz CT molecular complexity index is 762. The van der Waals surface area contributed by atoms with Crippen molar-refractivity contribution in [2.45, 2.75) is 19.9 Å². The number of hydrogen-bond acceptors (Lipinski definition) is 4. The molecule has 0 radical (unpaired) electrons. The number of carbonyl (C=O) groups excluding carboxylic acids is 1. The molecule has 0 aliphatic heterocycles. The highest BCUT2D eigenvalue weighted by atomic mass is 127. The molecule has 0 fully saturated rings. The summed E-state index contributed by atoms with van der Waals surface area (Å²) in [6.45, 7) is 2.82. The molecule has 0 amide bonds. The second kappa shape index (κ2) is 11.1. The number of aryl methyl sites for hydroxylation is 1. The van der Waals surface area contributed by atoms with Gasteiger partial charge in [0.05, 0.1) is 13.7 Å². The highest BCUT2D eigenvalue weighted by Gasteiger charge is 2.15. The number of rotatable bonds is 6. The van der Waals surface area contributed by atoms with Gasteiger partial charge in [-0.25, -0.2) is 4.79 Å². The maximum Gasteiger partial charge on any atom is 0.341 e. The maximum absolute atomic E-state index is 11.6. The Morgan fingerprint density at radius 2 is 2.04 bits per heavy atom. The van der Waals surface area contributed by atoms with E-state index in [1.807, 2.05) is 24.3 Å². The van der Waals surface area contributed by atoms with Crippen molar-refractivity contribution in [3.63, 3.8) is 0 Å². The van der Waals surface area contributed by atoms with Gasteiger partial charge in [-0.3, -0.25) is 4.99 Å². The van der Waals surface area contributed by atoms with Gasteiger partial charge in [-0.2, -0.15) is 0 Å². The minimum Gasteiger partial charge on any atom is -0.465 e. The number of methoxy groups -OCH3 is 1. The third-order valence-corrected chi connectivity index (χ3v) is 4.04. The number of nitrogens with zero attached hydrogens (tertiary/aromatic N) is 1. The monoisotopic (exact) mass is 491 g/mol. The summed E-state index contributed by atoms with van der Waals surface area (Å²) >= 11 is 6.15. The van der Waals surface area contributed by atoms with Gasteiger partial charge < -0.3 is 19.8 Å². The summed E-state index contributed by atoms with van der Waals surface area (Å²) in [5.41, 5.74) is 1.51. The van der Waals surface area contributed by atoms with Crippen molar-refractivity contribution in [3.8, 4) is 0 Å². The lowest BCUT2D eigenvalue weighted by atomic mass is 10.1. The van der Waals surface area contributed by atoms with Crippen LogP contribution in [0.4, 0.5) is 0 Å². The zero-order chi connectivity index (χ0) is 18.2. The van der Waals surface area contributed by atoms with Crippen LogP contribution in [-0.2, 0) is 17.7 Å². The predicted molar refractivity (Wildman–Crippen MR) is 114 cm³/mol. The summed E-state index contributed by atoms with van der Waals surface area (Å²) in [5.74, 6) is 1.40. The standard InChI is InChI=1S/C18H22ClN3O3.HI/c1-12-15(17(23)24-3)10-14(25-12)11-22-18(20-2)21-9-8-13-6-4-5-7-16(13)19;/h4-7,10H,8-9,11H2,1-3H3,(H2,20,21,22);1H. The molecule has 142 valence electrons. The first kappa shape index (κ1) is 22.3. The van der Waals surface area contributed by atoms with Crippen molar-refractivity contribution in [3.05, 3.63) is 58.0 Å². The van der Waals surface area contributed by atoms with Gasteiger partial charge in [0.2, 0.25) is 0 Å². The molecule has 0 aliphatic carbocycles. The summed E-state index contributed by atoms with van der Waals surface area (Å²) in [6, 6.07) is 9.42. The molecule has 0 saturated heterocycles. The molecule has 0 unspecified atom stereocenters. The molecule has 2 aromatic rings.